The van der Waals surface area contributed by atoms with Crippen molar-refractivity contribution in [3.05, 3.63) is 71.3 Å². The summed E-state index contributed by atoms with van der Waals surface area (Å²) in [7, 11) is 1.62. The van der Waals surface area contributed by atoms with Crippen LogP contribution in [0.1, 0.15) is 23.6 Å². The van der Waals surface area contributed by atoms with E-state index in [0.717, 1.165) is 11.1 Å². The molecule has 0 aliphatic heterocycles. The molecule has 0 fully saturated rings. The second kappa shape index (κ2) is 8.44. The lowest BCUT2D eigenvalue weighted by atomic mass is 9.82. The fraction of sp³-hybridized carbons (Fsp3) is 0.300. The van der Waals surface area contributed by atoms with Gasteiger partial charge in [-0.15, -0.1) is 0 Å². The fourth-order valence-electron chi connectivity index (χ4n) is 2.63. The number of methoxy groups -OCH3 is 1. The molecule has 1 atom stereocenters. The van der Waals surface area contributed by atoms with Crippen LogP contribution >= 0.6 is 0 Å². The Morgan fingerprint density at radius 2 is 1.76 bits per heavy atom. The predicted octanol–water partition coefficient (Wildman–Crippen LogP) is 2.53. The third-order valence-electron chi connectivity index (χ3n) is 4.19. The molecule has 2 rings (SSSR count). The average molecular weight is 341 g/mol. The summed E-state index contributed by atoms with van der Waals surface area (Å²) in [6.07, 6.45) is 0.196. The molecule has 0 aliphatic rings. The SMILES string of the molecule is COCc1cccc(CC(=O)NCC(C)(C(=O)O)c2ccccc2)c1. The van der Waals surface area contributed by atoms with Crippen molar-refractivity contribution in [2.24, 2.45) is 0 Å². The van der Waals surface area contributed by atoms with Crippen molar-refractivity contribution in [2.75, 3.05) is 13.7 Å². The van der Waals surface area contributed by atoms with E-state index in [9.17, 15) is 14.7 Å². The van der Waals surface area contributed by atoms with E-state index < -0.39 is 11.4 Å². The van der Waals surface area contributed by atoms with Crippen LogP contribution in [-0.4, -0.2) is 30.6 Å². The molecule has 5 heteroatoms. The quantitative estimate of drug-likeness (QED) is 0.774. The number of ether oxygens (including phenoxy) is 1. The first kappa shape index (κ1) is 18.7. The summed E-state index contributed by atoms with van der Waals surface area (Å²) in [5.41, 5.74) is 1.34. The molecule has 2 N–H and O–H groups in total. The molecule has 1 unspecified atom stereocenters. The van der Waals surface area contributed by atoms with Crippen LogP contribution in [0.15, 0.2) is 54.6 Å². The van der Waals surface area contributed by atoms with E-state index in [-0.39, 0.29) is 18.9 Å². The molecule has 132 valence electrons. The van der Waals surface area contributed by atoms with Crippen LogP contribution in [0, 0.1) is 0 Å². The second-order valence-electron chi connectivity index (χ2n) is 6.21. The maximum atomic E-state index is 12.2. The summed E-state index contributed by atoms with van der Waals surface area (Å²) in [5, 5.41) is 12.4. The number of aliphatic carboxylic acids is 1. The van der Waals surface area contributed by atoms with Gasteiger partial charge in [0.15, 0.2) is 0 Å². The van der Waals surface area contributed by atoms with Crippen molar-refractivity contribution in [3.63, 3.8) is 0 Å². The first-order valence-electron chi connectivity index (χ1n) is 8.08. The highest BCUT2D eigenvalue weighted by Gasteiger charge is 2.35. The molecule has 1 amide bonds. The topological polar surface area (TPSA) is 75.6 Å². The van der Waals surface area contributed by atoms with E-state index in [1.54, 1.807) is 38.3 Å². The van der Waals surface area contributed by atoms with Gasteiger partial charge in [0.05, 0.1) is 13.0 Å². The number of nitrogens with one attached hydrogen (secondary N) is 1. The third-order valence-corrected chi connectivity index (χ3v) is 4.19. The van der Waals surface area contributed by atoms with Gasteiger partial charge in [0.1, 0.15) is 5.41 Å². The van der Waals surface area contributed by atoms with E-state index in [0.29, 0.717) is 12.2 Å². The Bertz CT molecular complexity index is 729. The third kappa shape index (κ3) is 4.90. The first-order chi connectivity index (χ1) is 12.0. The van der Waals surface area contributed by atoms with Crippen LogP contribution < -0.4 is 5.32 Å². The highest BCUT2D eigenvalue weighted by atomic mass is 16.5. The zero-order valence-corrected chi connectivity index (χ0v) is 14.5. The van der Waals surface area contributed by atoms with Crippen molar-refractivity contribution in [3.8, 4) is 0 Å². The van der Waals surface area contributed by atoms with Gasteiger partial charge in [-0.25, -0.2) is 0 Å². The van der Waals surface area contributed by atoms with Crippen LogP contribution in [0.2, 0.25) is 0 Å². The normalized spacial score (nSPS) is 13.0. The largest absolute Gasteiger partial charge is 0.481 e. The van der Waals surface area contributed by atoms with E-state index in [2.05, 4.69) is 5.32 Å². The van der Waals surface area contributed by atoms with Gasteiger partial charge in [-0.2, -0.15) is 0 Å². The van der Waals surface area contributed by atoms with Gasteiger partial charge in [-0.05, 0) is 23.6 Å². The molecule has 25 heavy (non-hydrogen) atoms. The summed E-state index contributed by atoms with van der Waals surface area (Å²) in [6, 6.07) is 16.5. The summed E-state index contributed by atoms with van der Waals surface area (Å²) in [4.78, 5) is 24.0. The molecule has 0 spiro atoms. The maximum absolute atomic E-state index is 12.2. The summed E-state index contributed by atoms with van der Waals surface area (Å²) in [6.45, 7) is 2.13. The molecule has 0 saturated carbocycles. The maximum Gasteiger partial charge on any atom is 0.315 e. The fourth-order valence-corrected chi connectivity index (χ4v) is 2.63. The lowest BCUT2D eigenvalue weighted by molar-refractivity contribution is -0.143. The minimum Gasteiger partial charge on any atom is -0.481 e. The molecule has 0 aromatic heterocycles. The number of carbonyl (C=O) groups is 2. The molecule has 2 aromatic carbocycles. The van der Waals surface area contributed by atoms with Gasteiger partial charge in [0.2, 0.25) is 5.91 Å². The minimum absolute atomic E-state index is 0.0307. The van der Waals surface area contributed by atoms with E-state index in [1.165, 1.54) is 0 Å². The lowest BCUT2D eigenvalue weighted by Crippen LogP contribution is -2.44. The Kier molecular flexibility index (Phi) is 6.31. The molecule has 2 aromatic rings. The first-order valence-corrected chi connectivity index (χ1v) is 8.08. The number of rotatable bonds is 8. The van der Waals surface area contributed by atoms with Gasteiger partial charge in [0, 0.05) is 13.7 Å². The van der Waals surface area contributed by atoms with E-state index >= 15 is 0 Å². The standard InChI is InChI=1S/C20H23NO4/c1-20(19(23)24,17-9-4-3-5-10-17)14-21-18(22)12-15-7-6-8-16(11-15)13-25-2/h3-11H,12-14H2,1-2H3,(H,21,22)(H,23,24). The van der Waals surface area contributed by atoms with Crippen LogP contribution in [-0.2, 0) is 32.8 Å². The molecule has 0 bridgehead atoms. The Morgan fingerprint density at radius 1 is 1.08 bits per heavy atom. The number of carboxylic acids is 1. The van der Waals surface area contributed by atoms with Crippen molar-refractivity contribution in [1.29, 1.82) is 0 Å². The van der Waals surface area contributed by atoms with Crippen LogP contribution in [0.25, 0.3) is 0 Å². The highest BCUT2D eigenvalue weighted by Crippen LogP contribution is 2.23. The van der Waals surface area contributed by atoms with Crippen molar-refractivity contribution >= 4 is 11.9 Å². The second-order valence-corrected chi connectivity index (χ2v) is 6.21. The highest BCUT2D eigenvalue weighted by molar-refractivity contribution is 5.84. The minimum atomic E-state index is -1.17. The van der Waals surface area contributed by atoms with E-state index in [1.807, 2.05) is 30.3 Å². The molecular weight excluding hydrogens is 318 g/mol. The number of hydrogen-bond donors (Lipinski definition) is 2. The number of benzene rings is 2. The van der Waals surface area contributed by atoms with E-state index in [4.69, 9.17) is 4.74 Å². The monoisotopic (exact) mass is 341 g/mol. The Morgan fingerprint density at radius 3 is 2.40 bits per heavy atom. The van der Waals surface area contributed by atoms with Gasteiger partial charge in [0.25, 0.3) is 0 Å². The summed E-state index contributed by atoms with van der Waals surface area (Å²) < 4.78 is 5.09. The molecule has 0 aliphatic carbocycles. The molecule has 0 heterocycles. The zero-order valence-electron chi connectivity index (χ0n) is 14.5. The van der Waals surface area contributed by atoms with Crippen molar-refractivity contribution in [1.82, 2.24) is 5.32 Å². The van der Waals surface area contributed by atoms with Crippen LogP contribution in [0.4, 0.5) is 0 Å². The average Bonchev–Trinajstić information content (AvgIpc) is 2.61. The molecule has 5 nitrogen and oxygen atoms in total. The molecular formula is C20H23NO4. The zero-order chi connectivity index (χ0) is 18.3. The predicted molar refractivity (Wildman–Crippen MR) is 95.3 cm³/mol. The number of carbonyl (C=O) groups excluding carboxylic acids is 1. The number of hydrogen-bond acceptors (Lipinski definition) is 3. The number of carboxylic acid groups (broad SMARTS) is 1. The van der Waals surface area contributed by atoms with Gasteiger partial charge < -0.3 is 15.2 Å². The van der Waals surface area contributed by atoms with Crippen molar-refractivity contribution in [2.45, 2.75) is 25.4 Å². The van der Waals surface area contributed by atoms with Gasteiger partial charge in [-0.3, -0.25) is 9.59 Å². The number of amides is 1. The van der Waals surface area contributed by atoms with Gasteiger partial charge >= 0.3 is 5.97 Å². The van der Waals surface area contributed by atoms with Crippen LogP contribution in [0.5, 0.6) is 0 Å². The Hall–Kier alpha value is -2.66. The van der Waals surface area contributed by atoms with Crippen molar-refractivity contribution < 1.29 is 19.4 Å². The Balaban J connectivity index is 2.02. The summed E-state index contributed by atoms with van der Waals surface area (Å²) >= 11 is 0. The summed E-state index contributed by atoms with van der Waals surface area (Å²) in [5.74, 6) is -1.18. The molecule has 0 radical (unpaired) electrons. The van der Waals surface area contributed by atoms with Gasteiger partial charge in [-0.1, -0.05) is 54.6 Å². The van der Waals surface area contributed by atoms with Crippen LogP contribution in [0.3, 0.4) is 0 Å². The molecule has 0 saturated heterocycles. The smallest absolute Gasteiger partial charge is 0.315 e. The Labute approximate surface area is 147 Å². The lowest BCUT2D eigenvalue weighted by Gasteiger charge is -2.25.